The van der Waals surface area contributed by atoms with Crippen LogP contribution in [0.5, 0.6) is 0 Å². The normalized spacial score (nSPS) is 20.9. The number of morpholine rings is 1. The molecular formula is C22H23NO4S. The standard InChI is InChI=1S/C22H23NO4S/c1-17-9-11-20(12-10-17)28(24,25)23-15-22(21-8-5-13-26-21)27-16-19(23)14-18-6-3-2-4-7-18/h2-13,19,22H,14-16H2,1H3/t19-,22+/m0/s1. The molecule has 146 valence electrons. The van der Waals surface area contributed by atoms with Crippen molar-refractivity contribution in [3.8, 4) is 0 Å². The summed E-state index contributed by atoms with van der Waals surface area (Å²) in [6.07, 6.45) is 1.76. The van der Waals surface area contributed by atoms with E-state index in [9.17, 15) is 8.42 Å². The molecule has 0 bridgehead atoms. The summed E-state index contributed by atoms with van der Waals surface area (Å²) in [6, 6.07) is 20.2. The number of ether oxygens (including phenoxy) is 1. The Labute approximate surface area is 165 Å². The van der Waals surface area contributed by atoms with E-state index in [1.165, 1.54) is 0 Å². The Hall–Kier alpha value is -2.41. The molecule has 2 atom stereocenters. The Kier molecular flexibility index (Phi) is 5.35. The van der Waals surface area contributed by atoms with Crippen LogP contribution in [-0.4, -0.2) is 31.9 Å². The highest BCUT2D eigenvalue weighted by Crippen LogP contribution is 2.31. The SMILES string of the molecule is Cc1ccc(S(=O)(=O)N2C[C@H](c3ccco3)OC[C@@H]2Cc2ccccc2)cc1. The highest BCUT2D eigenvalue weighted by Gasteiger charge is 2.39. The van der Waals surface area contributed by atoms with Crippen molar-refractivity contribution in [2.45, 2.75) is 30.4 Å². The van der Waals surface area contributed by atoms with Gasteiger partial charge in [0.05, 0.1) is 23.8 Å². The largest absolute Gasteiger partial charge is 0.467 e. The summed E-state index contributed by atoms with van der Waals surface area (Å²) < 4.78 is 39.9. The van der Waals surface area contributed by atoms with E-state index in [0.717, 1.165) is 11.1 Å². The highest BCUT2D eigenvalue weighted by molar-refractivity contribution is 7.89. The number of furan rings is 1. The number of hydrogen-bond donors (Lipinski definition) is 0. The Bertz CT molecular complexity index is 998. The highest BCUT2D eigenvalue weighted by atomic mass is 32.2. The van der Waals surface area contributed by atoms with Crippen LogP contribution >= 0.6 is 0 Å². The second kappa shape index (κ2) is 7.91. The maximum absolute atomic E-state index is 13.5. The Balaban J connectivity index is 1.66. The number of sulfonamides is 1. The Morgan fingerprint density at radius 1 is 1.00 bits per heavy atom. The average Bonchev–Trinajstić information content (AvgIpc) is 3.24. The first-order chi connectivity index (χ1) is 13.5. The lowest BCUT2D eigenvalue weighted by Gasteiger charge is -2.38. The van der Waals surface area contributed by atoms with Crippen LogP contribution in [0.2, 0.25) is 0 Å². The van der Waals surface area contributed by atoms with Gasteiger partial charge in [-0.15, -0.1) is 0 Å². The minimum Gasteiger partial charge on any atom is -0.467 e. The zero-order chi connectivity index (χ0) is 19.6. The summed E-state index contributed by atoms with van der Waals surface area (Å²) in [7, 11) is -3.66. The molecule has 1 aliphatic rings. The van der Waals surface area contributed by atoms with E-state index in [4.69, 9.17) is 9.15 Å². The summed E-state index contributed by atoms with van der Waals surface area (Å²) in [5, 5.41) is 0. The lowest BCUT2D eigenvalue weighted by atomic mass is 10.0. The summed E-state index contributed by atoms with van der Waals surface area (Å²) in [5.74, 6) is 0.641. The molecule has 28 heavy (non-hydrogen) atoms. The molecule has 0 aliphatic carbocycles. The van der Waals surface area contributed by atoms with Gasteiger partial charge < -0.3 is 9.15 Å². The van der Waals surface area contributed by atoms with Crippen LogP contribution in [0.3, 0.4) is 0 Å². The number of hydrogen-bond acceptors (Lipinski definition) is 4. The summed E-state index contributed by atoms with van der Waals surface area (Å²) in [5.41, 5.74) is 2.10. The summed E-state index contributed by atoms with van der Waals surface area (Å²) >= 11 is 0. The molecule has 0 amide bonds. The molecule has 1 fully saturated rings. The average molecular weight is 397 g/mol. The minimum atomic E-state index is -3.66. The van der Waals surface area contributed by atoms with E-state index in [1.54, 1.807) is 28.8 Å². The first-order valence-corrected chi connectivity index (χ1v) is 10.8. The van der Waals surface area contributed by atoms with Gasteiger partial charge in [-0.2, -0.15) is 4.31 Å². The predicted molar refractivity (Wildman–Crippen MR) is 106 cm³/mol. The molecule has 0 unspecified atom stereocenters. The molecule has 0 saturated carbocycles. The Morgan fingerprint density at radius 3 is 2.43 bits per heavy atom. The van der Waals surface area contributed by atoms with Crippen molar-refractivity contribution < 1.29 is 17.6 Å². The van der Waals surface area contributed by atoms with E-state index in [-0.39, 0.29) is 12.6 Å². The number of rotatable bonds is 5. The molecule has 3 aromatic rings. The van der Waals surface area contributed by atoms with Crippen LogP contribution < -0.4 is 0 Å². The van der Waals surface area contributed by atoms with Gasteiger partial charge in [-0.25, -0.2) is 8.42 Å². The smallest absolute Gasteiger partial charge is 0.243 e. The molecule has 0 spiro atoms. The van der Waals surface area contributed by atoms with E-state index < -0.39 is 16.1 Å². The van der Waals surface area contributed by atoms with Gasteiger partial charge in [-0.05, 0) is 43.2 Å². The van der Waals surface area contributed by atoms with Crippen LogP contribution in [0.15, 0.2) is 82.3 Å². The molecule has 1 saturated heterocycles. The molecule has 0 radical (unpaired) electrons. The monoisotopic (exact) mass is 397 g/mol. The Morgan fingerprint density at radius 2 is 1.75 bits per heavy atom. The minimum absolute atomic E-state index is 0.223. The first-order valence-electron chi connectivity index (χ1n) is 9.31. The van der Waals surface area contributed by atoms with Crippen LogP contribution in [0.25, 0.3) is 0 Å². The molecule has 4 rings (SSSR count). The van der Waals surface area contributed by atoms with Crippen molar-refractivity contribution in [2.24, 2.45) is 0 Å². The zero-order valence-corrected chi connectivity index (χ0v) is 16.5. The fourth-order valence-corrected chi connectivity index (χ4v) is 5.12. The van der Waals surface area contributed by atoms with Gasteiger partial charge in [-0.1, -0.05) is 48.0 Å². The van der Waals surface area contributed by atoms with Crippen LogP contribution in [0, 0.1) is 6.92 Å². The van der Waals surface area contributed by atoms with Gasteiger partial charge in [0, 0.05) is 6.54 Å². The second-order valence-electron chi connectivity index (χ2n) is 7.07. The van der Waals surface area contributed by atoms with Crippen LogP contribution in [0.4, 0.5) is 0 Å². The second-order valence-corrected chi connectivity index (χ2v) is 8.96. The van der Waals surface area contributed by atoms with Crippen molar-refractivity contribution in [1.82, 2.24) is 4.31 Å². The van der Waals surface area contributed by atoms with Crippen LogP contribution in [-0.2, 0) is 21.2 Å². The van der Waals surface area contributed by atoms with Crippen molar-refractivity contribution in [2.75, 3.05) is 13.2 Å². The van der Waals surface area contributed by atoms with Crippen LogP contribution in [0.1, 0.15) is 23.0 Å². The van der Waals surface area contributed by atoms with Crippen molar-refractivity contribution >= 4 is 10.0 Å². The predicted octanol–water partition coefficient (Wildman–Crippen LogP) is 3.96. The lowest BCUT2D eigenvalue weighted by molar-refractivity contribution is -0.0432. The van der Waals surface area contributed by atoms with Crippen molar-refractivity contribution in [3.63, 3.8) is 0 Å². The summed E-state index contributed by atoms with van der Waals surface area (Å²) in [6.45, 7) is 2.48. The molecule has 0 N–H and O–H groups in total. The fourth-order valence-electron chi connectivity index (χ4n) is 3.51. The van der Waals surface area contributed by atoms with Gasteiger partial charge in [0.2, 0.25) is 10.0 Å². The topological polar surface area (TPSA) is 59.8 Å². The fraction of sp³-hybridized carbons (Fsp3) is 0.273. The van der Waals surface area contributed by atoms with Gasteiger partial charge in [0.1, 0.15) is 11.9 Å². The zero-order valence-electron chi connectivity index (χ0n) is 15.7. The maximum atomic E-state index is 13.5. The van der Waals surface area contributed by atoms with Gasteiger partial charge >= 0.3 is 0 Å². The maximum Gasteiger partial charge on any atom is 0.243 e. The van der Waals surface area contributed by atoms with E-state index in [0.29, 0.717) is 23.7 Å². The lowest BCUT2D eigenvalue weighted by Crippen LogP contribution is -2.50. The quantitative estimate of drug-likeness (QED) is 0.654. The van der Waals surface area contributed by atoms with Crippen molar-refractivity contribution in [1.29, 1.82) is 0 Å². The molecular weight excluding hydrogens is 374 g/mol. The first kappa shape index (κ1) is 18.9. The molecule has 2 aromatic carbocycles. The molecule has 1 aromatic heterocycles. The molecule has 6 heteroatoms. The van der Waals surface area contributed by atoms with E-state index >= 15 is 0 Å². The number of nitrogens with zero attached hydrogens (tertiary/aromatic N) is 1. The number of benzene rings is 2. The molecule has 5 nitrogen and oxygen atoms in total. The van der Waals surface area contributed by atoms with E-state index in [2.05, 4.69) is 0 Å². The van der Waals surface area contributed by atoms with Gasteiger partial charge in [-0.3, -0.25) is 0 Å². The van der Waals surface area contributed by atoms with E-state index in [1.807, 2.05) is 55.5 Å². The van der Waals surface area contributed by atoms with Gasteiger partial charge in [0.25, 0.3) is 0 Å². The molecule has 2 heterocycles. The van der Waals surface area contributed by atoms with Crippen molar-refractivity contribution in [3.05, 3.63) is 89.9 Å². The van der Waals surface area contributed by atoms with Gasteiger partial charge in [0.15, 0.2) is 0 Å². The number of aryl methyl sites for hydroxylation is 1. The summed E-state index contributed by atoms with van der Waals surface area (Å²) in [4.78, 5) is 0.302. The third-order valence-corrected chi connectivity index (χ3v) is 6.98. The third-order valence-electron chi connectivity index (χ3n) is 5.05. The molecule has 1 aliphatic heterocycles. The third kappa shape index (κ3) is 3.90.